The van der Waals surface area contributed by atoms with Gasteiger partial charge in [0.25, 0.3) is 5.91 Å². The van der Waals surface area contributed by atoms with E-state index in [1.54, 1.807) is 18.2 Å². The Kier molecular flexibility index (Phi) is 7.56. The quantitative estimate of drug-likeness (QED) is 0.459. The van der Waals surface area contributed by atoms with Crippen molar-refractivity contribution in [2.45, 2.75) is 13.0 Å². The van der Waals surface area contributed by atoms with Crippen LogP contribution >= 0.6 is 11.6 Å². The van der Waals surface area contributed by atoms with Gasteiger partial charge in [-0.15, -0.1) is 0 Å². The number of anilines is 2. The summed E-state index contributed by atoms with van der Waals surface area (Å²) in [6.45, 7) is 0.604. The molecule has 0 aliphatic heterocycles. The molecule has 160 valence electrons. The van der Waals surface area contributed by atoms with Gasteiger partial charge in [-0.2, -0.15) is 0 Å². The molecular formula is C23H20ClF2N3O2. The van der Waals surface area contributed by atoms with Crippen molar-refractivity contribution in [3.8, 4) is 0 Å². The van der Waals surface area contributed by atoms with Crippen LogP contribution in [0.5, 0.6) is 0 Å². The highest BCUT2D eigenvalue weighted by Crippen LogP contribution is 2.26. The van der Waals surface area contributed by atoms with Gasteiger partial charge in [0.15, 0.2) is 0 Å². The first-order valence-corrected chi connectivity index (χ1v) is 9.90. The number of rotatable bonds is 8. The van der Waals surface area contributed by atoms with E-state index in [9.17, 15) is 18.4 Å². The van der Waals surface area contributed by atoms with E-state index in [0.717, 1.165) is 23.4 Å². The molecule has 0 fully saturated rings. The van der Waals surface area contributed by atoms with Crippen molar-refractivity contribution < 1.29 is 18.4 Å². The zero-order chi connectivity index (χ0) is 22.2. The summed E-state index contributed by atoms with van der Waals surface area (Å²) in [5, 5.41) is 8.81. The summed E-state index contributed by atoms with van der Waals surface area (Å²) in [6.07, 6.45) is -0.0276. The van der Waals surface area contributed by atoms with Gasteiger partial charge in [-0.25, -0.2) is 8.78 Å². The van der Waals surface area contributed by atoms with Gasteiger partial charge in [-0.1, -0.05) is 41.9 Å². The van der Waals surface area contributed by atoms with Crippen LogP contribution in [0.25, 0.3) is 0 Å². The lowest BCUT2D eigenvalue weighted by Crippen LogP contribution is -2.28. The number of amides is 2. The summed E-state index contributed by atoms with van der Waals surface area (Å²) in [5.41, 5.74) is 2.07. The Morgan fingerprint density at radius 3 is 2.42 bits per heavy atom. The Balaban J connectivity index is 1.46. The number of benzene rings is 3. The van der Waals surface area contributed by atoms with Crippen LogP contribution in [-0.2, 0) is 11.3 Å². The molecule has 31 heavy (non-hydrogen) atoms. The highest BCUT2D eigenvalue weighted by molar-refractivity contribution is 6.33. The molecule has 0 spiro atoms. The summed E-state index contributed by atoms with van der Waals surface area (Å²) >= 11 is 6.29. The molecule has 0 heterocycles. The third kappa shape index (κ3) is 6.52. The second kappa shape index (κ2) is 10.5. The van der Waals surface area contributed by atoms with Crippen LogP contribution in [0.4, 0.5) is 20.2 Å². The van der Waals surface area contributed by atoms with Crippen molar-refractivity contribution in [1.29, 1.82) is 0 Å². The fraction of sp³-hybridized carbons (Fsp3) is 0.130. The van der Waals surface area contributed by atoms with Crippen molar-refractivity contribution in [3.63, 3.8) is 0 Å². The lowest BCUT2D eigenvalue weighted by molar-refractivity contribution is -0.116. The summed E-state index contributed by atoms with van der Waals surface area (Å²) in [7, 11) is 0. The molecule has 5 nitrogen and oxygen atoms in total. The van der Waals surface area contributed by atoms with E-state index in [1.165, 1.54) is 0 Å². The topological polar surface area (TPSA) is 70.2 Å². The highest BCUT2D eigenvalue weighted by Gasteiger charge is 2.13. The predicted molar refractivity (Wildman–Crippen MR) is 117 cm³/mol. The van der Waals surface area contributed by atoms with E-state index < -0.39 is 17.5 Å². The van der Waals surface area contributed by atoms with E-state index in [1.807, 2.05) is 30.3 Å². The van der Waals surface area contributed by atoms with Crippen LogP contribution in [0.3, 0.4) is 0 Å². The van der Waals surface area contributed by atoms with Crippen LogP contribution in [0.1, 0.15) is 22.3 Å². The minimum atomic E-state index is -0.961. The van der Waals surface area contributed by atoms with Gasteiger partial charge in [0.1, 0.15) is 11.6 Å². The average molecular weight is 444 g/mol. The van der Waals surface area contributed by atoms with Crippen molar-refractivity contribution in [2.75, 3.05) is 17.2 Å². The van der Waals surface area contributed by atoms with E-state index in [-0.39, 0.29) is 24.4 Å². The minimum Gasteiger partial charge on any atom is -0.380 e. The normalized spacial score (nSPS) is 10.4. The lowest BCUT2D eigenvalue weighted by Gasteiger charge is -2.11. The second-order valence-corrected chi connectivity index (χ2v) is 7.12. The Morgan fingerprint density at radius 2 is 1.71 bits per heavy atom. The summed E-state index contributed by atoms with van der Waals surface area (Å²) in [4.78, 5) is 24.0. The summed E-state index contributed by atoms with van der Waals surface area (Å²) in [5.74, 6) is -2.80. The number of nitrogens with one attached hydrogen (secondary N) is 3. The molecule has 0 saturated carbocycles. The van der Waals surface area contributed by atoms with Gasteiger partial charge in [0, 0.05) is 31.3 Å². The first-order valence-electron chi connectivity index (χ1n) is 9.53. The van der Waals surface area contributed by atoms with Crippen LogP contribution in [0.2, 0.25) is 5.02 Å². The standard InChI is InChI=1S/C23H20ClF2N3O2/c24-19-13-17(7-9-21(19)28-14-15-4-2-1-3-5-15)29-22(30)10-11-27-23(31)18-8-6-16(25)12-20(18)26/h1-9,12-13,28H,10-11,14H2,(H,27,31)(H,29,30). The number of carbonyl (C=O) groups excluding carboxylic acids is 2. The Morgan fingerprint density at radius 1 is 0.935 bits per heavy atom. The Bertz CT molecular complexity index is 1080. The van der Waals surface area contributed by atoms with Crippen molar-refractivity contribution in [1.82, 2.24) is 5.32 Å². The third-order valence-corrected chi connectivity index (χ3v) is 4.70. The van der Waals surface area contributed by atoms with Crippen LogP contribution in [-0.4, -0.2) is 18.4 Å². The van der Waals surface area contributed by atoms with Crippen LogP contribution in [0.15, 0.2) is 66.7 Å². The van der Waals surface area contributed by atoms with Gasteiger partial charge in [-0.05, 0) is 35.9 Å². The molecule has 0 unspecified atom stereocenters. The molecule has 0 saturated heterocycles. The van der Waals surface area contributed by atoms with Crippen LogP contribution < -0.4 is 16.0 Å². The van der Waals surface area contributed by atoms with E-state index in [4.69, 9.17) is 11.6 Å². The van der Waals surface area contributed by atoms with E-state index in [2.05, 4.69) is 16.0 Å². The molecule has 3 aromatic carbocycles. The molecule has 8 heteroatoms. The summed E-state index contributed by atoms with van der Waals surface area (Å²) < 4.78 is 26.5. The maximum Gasteiger partial charge on any atom is 0.254 e. The first-order chi connectivity index (χ1) is 14.9. The maximum absolute atomic E-state index is 13.6. The number of carbonyl (C=O) groups is 2. The molecule has 0 radical (unpaired) electrons. The molecule has 0 aromatic heterocycles. The molecule has 0 aliphatic carbocycles. The number of hydrogen-bond acceptors (Lipinski definition) is 3. The maximum atomic E-state index is 13.6. The largest absolute Gasteiger partial charge is 0.380 e. The SMILES string of the molecule is O=C(CCNC(=O)c1ccc(F)cc1F)Nc1ccc(NCc2ccccc2)c(Cl)c1. The zero-order valence-corrected chi connectivity index (χ0v) is 17.2. The zero-order valence-electron chi connectivity index (χ0n) is 16.4. The van der Waals surface area contributed by atoms with Gasteiger partial charge in [0.05, 0.1) is 16.3 Å². The van der Waals surface area contributed by atoms with E-state index in [0.29, 0.717) is 23.3 Å². The molecule has 0 atom stereocenters. The number of halogens is 3. The van der Waals surface area contributed by atoms with Gasteiger partial charge < -0.3 is 16.0 Å². The molecular weight excluding hydrogens is 424 g/mol. The Labute approximate surface area is 183 Å². The fourth-order valence-corrected chi connectivity index (χ4v) is 3.06. The van der Waals surface area contributed by atoms with Crippen LogP contribution in [0, 0.1) is 11.6 Å². The smallest absolute Gasteiger partial charge is 0.254 e. The molecule has 3 aromatic rings. The molecule has 0 bridgehead atoms. The van der Waals surface area contributed by atoms with Gasteiger partial charge in [-0.3, -0.25) is 9.59 Å². The first kappa shape index (κ1) is 22.2. The van der Waals surface area contributed by atoms with Gasteiger partial charge in [0.2, 0.25) is 5.91 Å². The monoisotopic (exact) mass is 443 g/mol. The third-order valence-electron chi connectivity index (χ3n) is 4.39. The molecule has 0 aliphatic rings. The van der Waals surface area contributed by atoms with Crippen molar-refractivity contribution in [3.05, 3.63) is 94.5 Å². The highest BCUT2D eigenvalue weighted by atomic mass is 35.5. The predicted octanol–water partition coefficient (Wildman–Crippen LogP) is 4.99. The Hall–Kier alpha value is -3.45. The van der Waals surface area contributed by atoms with Crippen molar-refractivity contribution >= 4 is 34.8 Å². The number of hydrogen-bond donors (Lipinski definition) is 3. The second-order valence-electron chi connectivity index (χ2n) is 6.71. The summed E-state index contributed by atoms with van der Waals surface area (Å²) in [6, 6.07) is 17.6. The lowest BCUT2D eigenvalue weighted by atomic mass is 10.2. The molecule has 3 rings (SSSR count). The van der Waals surface area contributed by atoms with Crippen molar-refractivity contribution in [2.24, 2.45) is 0 Å². The minimum absolute atomic E-state index is 0.00801. The molecule has 2 amide bonds. The fourth-order valence-electron chi connectivity index (χ4n) is 2.81. The van der Waals surface area contributed by atoms with Gasteiger partial charge >= 0.3 is 0 Å². The molecule has 3 N–H and O–H groups in total. The average Bonchev–Trinajstić information content (AvgIpc) is 2.74. The van der Waals surface area contributed by atoms with E-state index >= 15 is 0 Å².